The molecule has 0 fully saturated rings. The van der Waals surface area contributed by atoms with Gasteiger partial charge in [-0.15, -0.1) is 0 Å². The number of benzene rings is 1. The summed E-state index contributed by atoms with van der Waals surface area (Å²) >= 11 is 6.14. The number of rotatable bonds is 2. The lowest BCUT2D eigenvalue weighted by molar-refractivity contribution is -0.120. The molecule has 0 atom stereocenters. The maximum absolute atomic E-state index is 11.8. The molecular weight excluding hydrogens is 354 g/mol. The number of imide groups is 1. The topological polar surface area (TPSA) is 46.6 Å². The summed E-state index contributed by atoms with van der Waals surface area (Å²) in [6.07, 6.45) is 0. The van der Waals surface area contributed by atoms with Crippen molar-refractivity contribution >= 4 is 49.4 Å². The first-order valence-electron chi connectivity index (χ1n) is 4.64. The maximum Gasteiger partial charge on any atom is 0.273 e. The van der Waals surface area contributed by atoms with E-state index in [-0.39, 0.29) is 20.8 Å². The molecule has 0 aliphatic carbocycles. The van der Waals surface area contributed by atoms with E-state index in [0.29, 0.717) is 11.4 Å². The summed E-state index contributed by atoms with van der Waals surface area (Å²) in [6.45, 7) is 0. The van der Waals surface area contributed by atoms with Crippen LogP contribution >= 0.6 is 31.9 Å². The van der Waals surface area contributed by atoms with E-state index in [4.69, 9.17) is 4.74 Å². The summed E-state index contributed by atoms with van der Waals surface area (Å²) in [5.41, 5.74) is 0.507. The van der Waals surface area contributed by atoms with Crippen LogP contribution in [0.3, 0.4) is 0 Å². The third kappa shape index (κ3) is 2.02. The molecule has 0 aromatic heterocycles. The van der Waals surface area contributed by atoms with E-state index in [0.717, 1.165) is 4.90 Å². The summed E-state index contributed by atoms with van der Waals surface area (Å²) < 4.78 is 5.48. The number of carbonyl (C=O) groups excluding carboxylic acids is 2. The van der Waals surface area contributed by atoms with Gasteiger partial charge in [0.2, 0.25) is 0 Å². The predicted octanol–water partition coefficient (Wildman–Crippen LogP) is 2.57. The van der Waals surface area contributed by atoms with Crippen molar-refractivity contribution in [2.45, 2.75) is 0 Å². The van der Waals surface area contributed by atoms with Gasteiger partial charge in [0.15, 0.2) is 0 Å². The zero-order valence-electron chi connectivity index (χ0n) is 8.74. The minimum atomic E-state index is -0.382. The molecule has 2 amide bonds. The van der Waals surface area contributed by atoms with Crippen molar-refractivity contribution in [2.24, 2.45) is 0 Å². The number of hydrogen-bond donors (Lipinski definition) is 0. The van der Waals surface area contributed by atoms with Crippen molar-refractivity contribution in [1.82, 2.24) is 0 Å². The fraction of sp³-hybridized carbons (Fsp3) is 0.0909. The van der Waals surface area contributed by atoms with Gasteiger partial charge < -0.3 is 4.74 Å². The minimum Gasteiger partial charge on any atom is -0.497 e. The molecule has 0 N–H and O–H groups in total. The smallest absolute Gasteiger partial charge is 0.273 e. The average Bonchev–Trinajstić information content (AvgIpc) is 2.54. The Labute approximate surface area is 114 Å². The Bertz CT molecular complexity index is 498. The second-order valence-electron chi connectivity index (χ2n) is 3.27. The van der Waals surface area contributed by atoms with E-state index in [1.165, 1.54) is 0 Å². The number of ether oxygens (including phenoxy) is 1. The van der Waals surface area contributed by atoms with Crippen molar-refractivity contribution in [3.05, 3.63) is 33.2 Å². The highest BCUT2D eigenvalue weighted by atomic mass is 79.9. The van der Waals surface area contributed by atoms with E-state index < -0.39 is 0 Å². The zero-order chi connectivity index (χ0) is 12.6. The van der Waals surface area contributed by atoms with E-state index in [1.54, 1.807) is 31.4 Å². The molecule has 88 valence electrons. The molecule has 6 heteroatoms. The van der Waals surface area contributed by atoms with Gasteiger partial charge >= 0.3 is 0 Å². The number of nitrogens with zero attached hydrogens (tertiary/aromatic N) is 1. The number of carbonyl (C=O) groups is 2. The van der Waals surface area contributed by atoms with Gasteiger partial charge in [0, 0.05) is 0 Å². The lowest BCUT2D eigenvalue weighted by atomic mass is 10.3. The summed E-state index contributed by atoms with van der Waals surface area (Å²) in [5, 5.41) is 0. The fourth-order valence-corrected chi connectivity index (χ4v) is 2.14. The van der Waals surface area contributed by atoms with Gasteiger partial charge in [0.25, 0.3) is 11.8 Å². The largest absolute Gasteiger partial charge is 0.497 e. The van der Waals surface area contributed by atoms with E-state index in [9.17, 15) is 9.59 Å². The molecular formula is C11H7Br2NO3. The molecule has 0 spiro atoms. The Balaban J connectivity index is 2.36. The molecule has 4 nitrogen and oxygen atoms in total. The molecule has 17 heavy (non-hydrogen) atoms. The number of methoxy groups -OCH3 is 1. The molecule has 0 unspecified atom stereocenters. The van der Waals surface area contributed by atoms with Gasteiger partial charge in [-0.25, -0.2) is 4.90 Å². The van der Waals surface area contributed by atoms with Crippen molar-refractivity contribution in [2.75, 3.05) is 12.0 Å². The van der Waals surface area contributed by atoms with Gasteiger partial charge in [-0.3, -0.25) is 9.59 Å². The highest BCUT2D eigenvalue weighted by molar-refractivity contribution is 9.14. The van der Waals surface area contributed by atoms with Gasteiger partial charge in [-0.05, 0) is 56.1 Å². The summed E-state index contributed by atoms with van der Waals surface area (Å²) in [5.74, 6) is -0.0991. The van der Waals surface area contributed by atoms with Crippen LogP contribution in [0.25, 0.3) is 0 Å². The van der Waals surface area contributed by atoms with Gasteiger partial charge in [0.05, 0.1) is 12.8 Å². The van der Waals surface area contributed by atoms with Crippen LogP contribution in [0.2, 0.25) is 0 Å². The normalized spacial score (nSPS) is 15.8. The summed E-state index contributed by atoms with van der Waals surface area (Å²) in [4.78, 5) is 24.7. The molecule has 0 saturated carbocycles. The second kappa shape index (κ2) is 4.62. The quantitative estimate of drug-likeness (QED) is 0.761. The highest BCUT2D eigenvalue weighted by Crippen LogP contribution is 2.33. The third-order valence-corrected chi connectivity index (χ3v) is 4.31. The van der Waals surface area contributed by atoms with E-state index in [1.807, 2.05) is 0 Å². The number of anilines is 1. The predicted molar refractivity (Wildman–Crippen MR) is 70.4 cm³/mol. The summed E-state index contributed by atoms with van der Waals surface area (Å²) in [6, 6.07) is 6.69. The number of hydrogen-bond acceptors (Lipinski definition) is 3. The molecule has 2 rings (SSSR count). The van der Waals surface area contributed by atoms with Gasteiger partial charge in [-0.2, -0.15) is 0 Å². The molecule has 0 radical (unpaired) electrons. The monoisotopic (exact) mass is 359 g/mol. The SMILES string of the molecule is COc1ccc(N2C(=O)C(Br)=C(Br)C2=O)cc1. The van der Waals surface area contributed by atoms with Crippen LogP contribution in [0, 0.1) is 0 Å². The minimum absolute atomic E-state index is 0.235. The van der Waals surface area contributed by atoms with Crippen LogP contribution in [0.4, 0.5) is 5.69 Å². The van der Waals surface area contributed by atoms with Crippen LogP contribution in [-0.4, -0.2) is 18.9 Å². The Morgan fingerprint density at radius 3 is 1.88 bits per heavy atom. The van der Waals surface area contributed by atoms with Gasteiger partial charge in [-0.1, -0.05) is 0 Å². The number of amides is 2. The maximum atomic E-state index is 11.8. The van der Waals surface area contributed by atoms with E-state index in [2.05, 4.69) is 31.9 Å². The molecule has 0 bridgehead atoms. The van der Waals surface area contributed by atoms with Crippen molar-refractivity contribution in [3.8, 4) is 5.75 Å². The first-order chi connectivity index (χ1) is 8.06. The molecule has 0 saturated heterocycles. The van der Waals surface area contributed by atoms with Crippen molar-refractivity contribution in [3.63, 3.8) is 0 Å². The van der Waals surface area contributed by atoms with Crippen LogP contribution in [0.1, 0.15) is 0 Å². The molecule has 1 aromatic carbocycles. The average molecular weight is 361 g/mol. The highest BCUT2D eigenvalue weighted by Gasteiger charge is 2.36. The Morgan fingerprint density at radius 1 is 1.00 bits per heavy atom. The molecule has 1 aliphatic heterocycles. The zero-order valence-corrected chi connectivity index (χ0v) is 11.9. The molecule has 1 aliphatic rings. The lowest BCUT2D eigenvalue weighted by Crippen LogP contribution is -2.30. The first-order valence-corrected chi connectivity index (χ1v) is 6.23. The van der Waals surface area contributed by atoms with Crippen LogP contribution in [0.15, 0.2) is 33.2 Å². The van der Waals surface area contributed by atoms with E-state index >= 15 is 0 Å². The first kappa shape index (κ1) is 12.3. The third-order valence-electron chi connectivity index (χ3n) is 2.31. The standard InChI is InChI=1S/C11H7Br2NO3/c1-17-7-4-2-6(3-5-7)14-10(15)8(12)9(13)11(14)16/h2-5H,1H3. The number of halogens is 2. The van der Waals surface area contributed by atoms with Crippen molar-refractivity contribution in [1.29, 1.82) is 0 Å². The second-order valence-corrected chi connectivity index (χ2v) is 4.86. The lowest BCUT2D eigenvalue weighted by Gasteiger charge is -2.14. The summed E-state index contributed by atoms with van der Waals surface area (Å²) in [7, 11) is 1.55. The van der Waals surface area contributed by atoms with Crippen LogP contribution in [-0.2, 0) is 9.59 Å². The van der Waals surface area contributed by atoms with Crippen LogP contribution < -0.4 is 9.64 Å². The Morgan fingerprint density at radius 2 is 1.47 bits per heavy atom. The fourth-order valence-electron chi connectivity index (χ4n) is 1.44. The molecule has 1 aromatic rings. The van der Waals surface area contributed by atoms with Crippen molar-refractivity contribution < 1.29 is 14.3 Å². The van der Waals surface area contributed by atoms with Gasteiger partial charge in [0.1, 0.15) is 14.7 Å². The molecule has 1 heterocycles. The Hall–Kier alpha value is -1.14. The Kier molecular flexibility index (Phi) is 3.35. The van der Waals surface area contributed by atoms with Crippen LogP contribution in [0.5, 0.6) is 5.75 Å².